The number of nitrogens with zero attached hydrogens (tertiary/aromatic N) is 3. The maximum absolute atomic E-state index is 13.0. The second kappa shape index (κ2) is 9.49. The summed E-state index contributed by atoms with van der Waals surface area (Å²) in [5.74, 6) is 7.14. The van der Waals surface area contributed by atoms with Crippen LogP contribution in [0.3, 0.4) is 0 Å². The van der Waals surface area contributed by atoms with Crippen molar-refractivity contribution < 1.29 is 18.7 Å². The third-order valence-electron chi connectivity index (χ3n) is 4.33. The molecular weight excluding hydrogens is 409 g/mol. The normalized spacial score (nSPS) is 11.7. The van der Waals surface area contributed by atoms with Gasteiger partial charge in [0.2, 0.25) is 11.1 Å². The number of carbonyl (C=O) groups is 1. The van der Waals surface area contributed by atoms with E-state index in [1.807, 2.05) is 6.92 Å². The van der Waals surface area contributed by atoms with E-state index in [0.717, 1.165) is 0 Å². The van der Waals surface area contributed by atoms with Gasteiger partial charge in [0.25, 0.3) is 0 Å². The Morgan fingerprint density at radius 1 is 1.17 bits per heavy atom. The molecule has 10 heteroatoms. The summed E-state index contributed by atoms with van der Waals surface area (Å²) in [7, 11) is 3.10. The predicted molar refractivity (Wildman–Crippen MR) is 114 cm³/mol. The molecule has 0 bridgehead atoms. The molecule has 0 radical (unpaired) electrons. The summed E-state index contributed by atoms with van der Waals surface area (Å²) in [4.78, 5) is 12.6. The Morgan fingerprint density at radius 3 is 2.50 bits per heavy atom. The summed E-state index contributed by atoms with van der Waals surface area (Å²) >= 11 is 1.20. The van der Waals surface area contributed by atoms with Crippen molar-refractivity contribution in [3.8, 4) is 22.9 Å². The van der Waals surface area contributed by atoms with E-state index in [0.29, 0.717) is 40.2 Å². The lowest BCUT2D eigenvalue weighted by molar-refractivity contribution is -0.115. The number of methoxy groups -OCH3 is 2. The average Bonchev–Trinajstić information content (AvgIpc) is 3.12. The molecule has 30 heavy (non-hydrogen) atoms. The van der Waals surface area contributed by atoms with Gasteiger partial charge in [0.15, 0.2) is 17.3 Å². The summed E-state index contributed by atoms with van der Waals surface area (Å²) < 4.78 is 24.9. The maximum atomic E-state index is 13.0. The molecule has 1 amide bonds. The standard InChI is InChI=1S/C20H22FN5O3S/c1-4-17(19(27)23-14-8-6-13(21)7-9-14)30-20-25-24-18(26(20)22)12-5-10-15(28-2)16(11-12)29-3/h5-11,17H,4,22H2,1-3H3,(H,23,27). The van der Waals surface area contributed by atoms with E-state index >= 15 is 0 Å². The fourth-order valence-electron chi connectivity index (χ4n) is 2.74. The summed E-state index contributed by atoms with van der Waals surface area (Å²) in [6.07, 6.45) is 0.538. The van der Waals surface area contributed by atoms with E-state index in [4.69, 9.17) is 15.3 Å². The number of halogens is 1. The fourth-order valence-corrected chi connectivity index (χ4v) is 3.61. The molecule has 0 spiro atoms. The van der Waals surface area contributed by atoms with Gasteiger partial charge < -0.3 is 20.6 Å². The van der Waals surface area contributed by atoms with Crippen molar-refractivity contribution in [3.63, 3.8) is 0 Å². The number of nitrogens with two attached hydrogens (primary N) is 1. The molecule has 0 aliphatic rings. The summed E-state index contributed by atoms with van der Waals surface area (Å²) in [6, 6.07) is 10.9. The molecule has 0 fully saturated rings. The predicted octanol–water partition coefficient (Wildman–Crippen LogP) is 3.32. The number of hydrogen-bond acceptors (Lipinski definition) is 7. The molecule has 0 saturated carbocycles. The van der Waals surface area contributed by atoms with Crippen LogP contribution in [0.4, 0.5) is 10.1 Å². The van der Waals surface area contributed by atoms with Gasteiger partial charge in [-0.2, -0.15) is 0 Å². The van der Waals surface area contributed by atoms with Crippen LogP contribution in [0.5, 0.6) is 11.5 Å². The van der Waals surface area contributed by atoms with Crippen LogP contribution in [0.2, 0.25) is 0 Å². The van der Waals surface area contributed by atoms with Crippen molar-refractivity contribution in [2.45, 2.75) is 23.8 Å². The van der Waals surface area contributed by atoms with E-state index in [2.05, 4.69) is 15.5 Å². The van der Waals surface area contributed by atoms with Crippen molar-refractivity contribution in [3.05, 3.63) is 48.3 Å². The number of anilines is 1. The molecule has 0 aliphatic heterocycles. The molecule has 1 aromatic heterocycles. The maximum Gasteiger partial charge on any atom is 0.237 e. The molecule has 0 saturated heterocycles. The number of benzene rings is 2. The monoisotopic (exact) mass is 431 g/mol. The molecule has 3 rings (SSSR count). The smallest absolute Gasteiger partial charge is 0.237 e. The Morgan fingerprint density at radius 2 is 1.87 bits per heavy atom. The van der Waals surface area contributed by atoms with Gasteiger partial charge >= 0.3 is 0 Å². The number of carbonyl (C=O) groups excluding carboxylic acids is 1. The van der Waals surface area contributed by atoms with Gasteiger partial charge in [-0.25, -0.2) is 9.07 Å². The zero-order chi connectivity index (χ0) is 21.7. The first-order valence-corrected chi connectivity index (χ1v) is 10.0. The molecule has 3 aromatic rings. The zero-order valence-electron chi connectivity index (χ0n) is 16.8. The zero-order valence-corrected chi connectivity index (χ0v) is 17.6. The molecule has 2 aromatic carbocycles. The van der Waals surface area contributed by atoms with Crippen molar-refractivity contribution in [1.29, 1.82) is 0 Å². The number of rotatable bonds is 8. The number of nitrogen functional groups attached to an aromatic ring is 1. The Labute approximate surface area is 177 Å². The van der Waals surface area contributed by atoms with Crippen LogP contribution in [-0.4, -0.2) is 40.3 Å². The van der Waals surface area contributed by atoms with Gasteiger partial charge in [-0.05, 0) is 48.9 Å². The Bertz CT molecular complexity index is 1030. The first kappa shape index (κ1) is 21.4. The molecule has 158 valence electrons. The van der Waals surface area contributed by atoms with Crippen LogP contribution in [0.25, 0.3) is 11.4 Å². The third kappa shape index (κ3) is 4.65. The molecule has 1 heterocycles. The minimum Gasteiger partial charge on any atom is -0.493 e. The molecule has 1 unspecified atom stereocenters. The minimum atomic E-state index is -0.459. The van der Waals surface area contributed by atoms with Crippen molar-refractivity contribution >= 4 is 23.4 Å². The van der Waals surface area contributed by atoms with Gasteiger partial charge in [0.1, 0.15) is 5.82 Å². The average molecular weight is 431 g/mol. The van der Waals surface area contributed by atoms with Crippen molar-refractivity contribution in [2.24, 2.45) is 0 Å². The molecule has 0 aliphatic carbocycles. The van der Waals surface area contributed by atoms with Gasteiger partial charge in [-0.15, -0.1) is 10.2 Å². The first-order chi connectivity index (χ1) is 14.5. The topological polar surface area (TPSA) is 104 Å². The molecule has 3 N–H and O–H groups in total. The highest BCUT2D eigenvalue weighted by atomic mass is 32.2. The third-order valence-corrected chi connectivity index (χ3v) is 5.65. The SMILES string of the molecule is CCC(Sc1nnc(-c2ccc(OC)c(OC)c2)n1N)C(=O)Nc1ccc(F)cc1. The van der Waals surface area contributed by atoms with Gasteiger partial charge in [0, 0.05) is 11.3 Å². The number of amides is 1. The number of aromatic nitrogens is 3. The van der Waals surface area contributed by atoms with Gasteiger partial charge in [-0.3, -0.25) is 4.79 Å². The fraction of sp³-hybridized carbons (Fsp3) is 0.250. The largest absolute Gasteiger partial charge is 0.493 e. The summed E-state index contributed by atoms with van der Waals surface area (Å²) in [5.41, 5.74) is 1.21. The van der Waals surface area contributed by atoms with E-state index in [9.17, 15) is 9.18 Å². The van der Waals surface area contributed by atoms with E-state index < -0.39 is 5.25 Å². The van der Waals surface area contributed by atoms with E-state index in [-0.39, 0.29) is 11.7 Å². The van der Waals surface area contributed by atoms with Crippen molar-refractivity contribution in [2.75, 3.05) is 25.4 Å². The Balaban J connectivity index is 1.77. The molecular formula is C20H22FN5O3S. The Kier molecular flexibility index (Phi) is 6.78. The van der Waals surface area contributed by atoms with Crippen LogP contribution in [-0.2, 0) is 4.79 Å². The van der Waals surface area contributed by atoms with Crippen molar-refractivity contribution in [1.82, 2.24) is 14.9 Å². The summed E-state index contributed by atoms with van der Waals surface area (Å²) in [5, 5.41) is 11.0. The van der Waals surface area contributed by atoms with Crippen LogP contribution in [0.15, 0.2) is 47.6 Å². The Hall–Kier alpha value is -3.27. The lowest BCUT2D eigenvalue weighted by Gasteiger charge is -2.14. The van der Waals surface area contributed by atoms with E-state index in [1.165, 1.54) is 40.7 Å². The lowest BCUT2D eigenvalue weighted by Crippen LogP contribution is -2.25. The van der Waals surface area contributed by atoms with Crippen LogP contribution >= 0.6 is 11.8 Å². The highest BCUT2D eigenvalue weighted by Gasteiger charge is 2.23. The number of thioether (sulfide) groups is 1. The molecule has 8 nitrogen and oxygen atoms in total. The van der Waals surface area contributed by atoms with Crippen LogP contribution < -0.4 is 20.6 Å². The number of ether oxygens (including phenoxy) is 2. The quantitative estimate of drug-likeness (QED) is 0.416. The summed E-state index contributed by atoms with van der Waals surface area (Å²) in [6.45, 7) is 1.88. The van der Waals surface area contributed by atoms with E-state index in [1.54, 1.807) is 32.4 Å². The van der Waals surface area contributed by atoms with Crippen LogP contribution in [0.1, 0.15) is 13.3 Å². The van der Waals surface area contributed by atoms with Crippen LogP contribution in [0, 0.1) is 5.82 Å². The van der Waals surface area contributed by atoms with Gasteiger partial charge in [0.05, 0.1) is 19.5 Å². The highest BCUT2D eigenvalue weighted by Crippen LogP contribution is 2.33. The minimum absolute atomic E-state index is 0.232. The highest BCUT2D eigenvalue weighted by molar-refractivity contribution is 8.00. The second-order valence-electron chi connectivity index (χ2n) is 6.26. The number of hydrogen-bond donors (Lipinski definition) is 2. The first-order valence-electron chi connectivity index (χ1n) is 9.12. The lowest BCUT2D eigenvalue weighted by atomic mass is 10.2. The number of nitrogens with one attached hydrogen (secondary N) is 1. The molecule has 1 atom stereocenters. The second-order valence-corrected chi connectivity index (χ2v) is 7.43. The van der Waals surface area contributed by atoms with Gasteiger partial charge in [-0.1, -0.05) is 18.7 Å².